The van der Waals surface area contributed by atoms with E-state index < -0.39 is 0 Å². The third-order valence-electron chi connectivity index (χ3n) is 5.45. The van der Waals surface area contributed by atoms with E-state index in [0.29, 0.717) is 17.8 Å². The van der Waals surface area contributed by atoms with Crippen LogP contribution < -0.4 is 0 Å². The van der Waals surface area contributed by atoms with E-state index in [1.165, 1.54) is 6.07 Å². The molecule has 0 saturated heterocycles. The maximum atomic E-state index is 14.6. The van der Waals surface area contributed by atoms with Crippen LogP contribution in [0.4, 0.5) is 4.39 Å². The van der Waals surface area contributed by atoms with Gasteiger partial charge >= 0.3 is 0 Å². The SMILES string of the molecule is CCN(CC)CCc1cnc2n1-c1ccc(Br)cc1C(c1ccccc1F)=NC2. The van der Waals surface area contributed by atoms with Gasteiger partial charge in [-0.05, 0) is 43.4 Å². The molecule has 0 saturated carbocycles. The Bertz CT molecular complexity index is 1050. The third-order valence-corrected chi connectivity index (χ3v) is 5.94. The van der Waals surface area contributed by atoms with Crippen LogP contribution in [0.3, 0.4) is 0 Å². The number of imidazole rings is 1. The first-order chi connectivity index (χ1) is 14.1. The Kier molecular flexibility index (Phi) is 5.92. The van der Waals surface area contributed by atoms with Crippen LogP contribution in [0.15, 0.2) is 58.1 Å². The van der Waals surface area contributed by atoms with Crippen molar-refractivity contribution in [2.24, 2.45) is 4.99 Å². The van der Waals surface area contributed by atoms with Gasteiger partial charge in [-0.15, -0.1) is 0 Å². The molecule has 1 aromatic heterocycles. The summed E-state index contributed by atoms with van der Waals surface area (Å²) >= 11 is 3.57. The monoisotopic (exact) mass is 454 g/mol. The van der Waals surface area contributed by atoms with Crippen LogP contribution in [0, 0.1) is 5.82 Å². The highest BCUT2D eigenvalue weighted by Crippen LogP contribution is 2.29. The van der Waals surface area contributed by atoms with Crippen LogP contribution in [0.1, 0.15) is 36.5 Å². The van der Waals surface area contributed by atoms with E-state index in [1.54, 1.807) is 12.1 Å². The molecule has 0 amide bonds. The summed E-state index contributed by atoms with van der Waals surface area (Å²) in [6.07, 6.45) is 2.85. The van der Waals surface area contributed by atoms with E-state index >= 15 is 0 Å². The van der Waals surface area contributed by atoms with E-state index in [0.717, 1.165) is 53.3 Å². The summed E-state index contributed by atoms with van der Waals surface area (Å²) in [5.74, 6) is 0.618. The van der Waals surface area contributed by atoms with Crippen LogP contribution in [-0.2, 0) is 13.0 Å². The molecule has 2 heterocycles. The second-order valence-electron chi connectivity index (χ2n) is 7.08. The van der Waals surface area contributed by atoms with Crippen LogP contribution >= 0.6 is 15.9 Å². The first-order valence-electron chi connectivity index (χ1n) is 9.99. The Balaban J connectivity index is 1.81. The molecule has 0 radical (unpaired) electrons. The molecule has 150 valence electrons. The highest BCUT2D eigenvalue weighted by Gasteiger charge is 2.23. The van der Waals surface area contributed by atoms with Crippen molar-refractivity contribution in [2.75, 3.05) is 19.6 Å². The van der Waals surface area contributed by atoms with Crippen molar-refractivity contribution in [1.82, 2.24) is 14.5 Å². The highest BCUT2D eigenvalue weighted by atomic mass is 79.9. The minimum absolute atomic E-state index is 0.265. The number of nitrogens with zero attached hydrogens (tertiary/aromatic N) is 4. The molecule has 0 spiro atoms. The maximum absolute atomic E-state index is 14.6. The second kappa shape index (κ2) is 8.59. The van der Waals surface area contributed by atoms with E-state index in [9.17, 15) is 4.39 Å². The fourth-order valence-corrected chi connectivity index (χ4v) is 4.20. The average molecular weight is 455 g/mol. The molecule has 4 nitrogen and oxygen atoms in total. The number of halogens is 2. The summed E-state index contributed by atoms with van der Waals surface area (Å²) in [7, 11) is 0. The zero-order chi connectivity index (χ0) is 20.4. The molecule has 0 fully saturated rings. The normalized spacial score (nSPS) is 13.1. The summed E-state index contributed by atoms with van der Waals surface area (Å²) in [4.78, 5) is 11.8. The quantitative estimate of drug-likeness (QED) is 0.524. The number of hydrogen-bond donors (Lipinski definition) is 0. The van der Waals surface area contributed by atoms with Gasteiger partial charge in [-0.2, -0.15) is 0 Å². The van der Waals surface area contributed by atoms with Gasteiger partial charge in [0, 0.05) is 40.5 Å². The molecular weight excluding hydrogens is 431 g/mol. The number of likely N-dealkylation sites (N-methyl/N-ethyl adjacent to an activating group) is 1. The molecule has 0 atom stereocenters. The predicted octanol–water partition coefficient (Wildman–Crippen LogP) is 5.01. The molecule has 0 unspecified atom stereocenters. The van der Waals surface area contributed by atoms with Crippen molar-refractivity contribution in [3.05, 3.63) is 81.6 Å². The standard InChI is InChI=1S/C23H24BrFN4/c1-3-28(4-2)12-11-17-14-26-22-15-27-23(18-7-5-6-8-20(18)25)19-13-16(24)9-10-21(19)29(17)22/h5-10,13-14H,3-4,11-12,15H2,1-2H3. The van der Waals surface area contributed by atoms with E-state index in [2.05, 4.69) is 50.3 Å². The van der Waals surface area contributed by atoms with Crippen molar-refractivity contribution in [3.8, 4) is 5.69 Å². The van der Waals surface area contributed by atoms with E-state index in [-0.39, 0.29) is 5.82 Å². The number of rotatable bonds is 6. The van der Waals surface area contributed by atoms with Crippen molar-refractivity contribution >= 4 is 21.6 Å². The summed E-state index contributed by atoms with van der Waals surface area (Å²) < 4.78 is 17.7. The zero-order valence-corrected chi connectivity index (χ0v) is 18.3. The minimum Gasteiger partial charge on any atom is -0.303 e. The first-order valence-corrected chi connectivity index (χ1v) is 10.8. The number of fused-ring (bicyclic) bond motifs is 3. The molecule has 1 aliphatic rings. The van der Waals surface area contributed by atoms with Crippen molar-refractivity contribution in [2.45, 2.75) is 26.8 Å². The van der Waals surface area contributed by atoms with E-state index in [1.807, 2.05) is 24.4 Å². The second-order valence-corrected chi connectivity index (χ2v) is 8.00. The van der Waals surface area contributed by atoms with Gasteiger partial charge < -0.3 is 4.90 Å². The Morgan fingerprint density at radius 2 is 1.90 bits per heavy atom. The Hall–Kier alpha value is -2.31. The number of aliphatic imine (C=N–C) groups is 1. The molecule has 0 N–H and O–H groups in total. The van der Waals surface area contributed by atoms with Gasteiger partial charge in [-0.25, -0.2) is 9.37 Å². The lowest BCUT2D eigenvalue weighted by atomic mass is 10.00. The Morgan fingerprint density at radius 3 is 2.66 bits per heavy atom. The average Bonchev–Trinajstić information content (AvgIpc) is 3.05. The minimum atomic E-state index is -0.265. The third kappa shape index (κ3) is 3.91. The smallest absolute Gasteiger partial charge is 0.135 e. The maximum Gasteiger partial charge on any atom is 0.135 e. The van der Waals surface area contributed by atoms with Gasteiger partial charge in [-0.3, -0.25) is 9.56 Å². The number of hydrogen-bond acceptors (Lipinski definition) is 3. The largest absolute Gasteiger partial charge is 0.303 e. The van der Waals surface area contributed by atoms with Gasteiger partial charge in [0.15, 0.2) is 0 Å². The molecule has 3 aromatic rings. The molecule has 1 aliphatic heterocycles. The summed E-state index contributed by atoms with van der Waals surface area (Å²) in [5, 5.41) is 0. The van der Waals surface area contributed by atoms with Crippen LogP contribution in [0.25, 0.3) is 5.69 Å². The molecule has 0 aliphatic carbocycles. The lowest BCUT2D eigenvalue weighted by molar-refractivity contribution is 0.306. The van der Waals surface area contributed by atoms with Crippen molar-refractivity contribution < 1.29 is 4.39 Å². The lowest BCUT2D eigenvalue weighted by Crippen LogP contribution is -2.26. The van der Waals surface area contributed by atoms with Crippen molar-refractivity contribution in [3.63, 3.8) is 0 Å². The number of aromatic nitrogens is 2. The van der Waals surface area contributed by atoms with Crippen LogP contribution in [-0.4, -0.2) is 39.8 Å². The molecule has 29 heavy (non-hydrogen) atoms. The van der Waals surface area contributed by atoms with Gasteiger partial charge in [0.05, 0.1) is 17.9 Å². The van der Waals surface area contributed by atoms with Crippen LogP contribution in [0.5, 0.6) is 0 Å². The fourth-order valence-electron chi connectivity index (χ4n) is 3.84. The van der Waals surface area contributed by atoms with Crippen molar-refractivity contribution in [1.29, 1.82) is 0 Å². The van der Waals surface area contributed by atoms with Gasteiger partial charge in [0.1, 0.15) is 11.6 Å². The molecule has 2 aromatic carbocycles. The molecule has 6 heteroatoms. The van der Waals surface area contributed by atoms with E-state index in [4.69, 9.17) is 4.99 Å². The highest BCUT2D eigenvalue weighted by molar-refractivity contribution is 9.10. The Morgan fingerprint density at radius 1 is 1.10 bits per heavy atom. The summed E-state index contributed by atoms with van der Waals surface area (Å²) in [6, 6.07) is 12.9. The molecular formula is C23H24BrFN4. The molecule has 4 rings (SSSR count). The zero-order valence-electron chi connectivity index (χ0n) is 16.7. The van der Waals surface area contributed by atoms with Gasteiger partial charge in [0.25, 0.3) is 0 Å². The predicted molar refractivity (Wildman–Crippen MR) is 118 cm³/mol. The summed E-state index contributed by atoms with van der Waals surface area (Å²) in [5.41, 5.74) is 4.24. The number of benzene rings is 2. The lowest BCUT2D eigenvalue weighted by Gasteiger charge is -2.19. The van der Waals surface area contributed by atoms with Gasteiger partial charge in [-0.1, -0.05) is 41.9 Å². The van der Waals surface area contributed by atoms with Gasteiger partial charge in [0.2, 0.25) is 0 Å². The Labute approximate surface area is 179 Å². The first kappa shape index (κ1) is 20.0. The fraction of sp³-hybridized carbons (Fsp3) is 0.304. The van der Waals surface area contributed by atoms with Crippen LogP contribution in [0.2, 0.25) is 0 Å². The topological polar surface area (TPSA) is 33.4 Å². The summed E-state index contributed by atoms with van der Waals surface area (Å²) in [6.45, 7) is 7.82. The molecule has 0 bridgehead atoms.